The van der Waals surface area contributed by atoms with Crippen molar-refractivity contribution in [3.8, 4) is 11.1 Å². The van der Waals surface area contributed by atoms with Gasteiger partial charge < -0.3 is 21.5 Å². The normalized spacial score (nSPS) is 13.1. The van der Waals surface area contributed by atoms with E-state index in [-0.39, 0.29) is 17.8 Å². The lowest BCUT2D eigenvalue weighted by Crippen LogP contribution is -2.30. The van der Waals surface area contributed by atoms with Gasteiger partial charge in [-0.1, -0.05) is 37.6 Å². The van der Waals surface area contributed by atoms with Crippen molar-refractivity contribution in [3.05, 3.63) is 64.9 Å². The molecule has 1 aromatic heterocycles. The van der Waals surface area contributed by atoms with Crippen LogP contribution in [0.3, 0.4) is 0 Å². The van der Waals surface area contributed by atoms with Gasteiger partial charge in [0.2, 0.25) is 0 Å². The highest BCUT2D eigenvalue weighted by Gasteiger charge is 2.21. The average Bonchev–Trinajstić information content (AvgIpc) is 2.81. The summed E-state index contributed by atoms with van der Waals surface area (Å²) >= 11 is 0. The van der Waals surface area contributed by atoms with E-state index in [9.17, 15) is 14.7 Å². The molecule has 0 aliphatic carbocycles. The molecule has 0 aliphatic heterocycles. The van der Waals surface area contributed by atoms with Crippen LogP contribution < -0.4 is 16.4 Å². The Labute approximate surface area is 202 Å². The number of rotatable bonds is 9. The number of aromatic nitrogens is 1. The Kier molecular flexibility index (Phi) is 9.57. The van der Waals surface area contributed by atoms with Gasteiger partial charge in [-0.3, -0.25) is 9.59 Å². The van der Waals surface area contributed by atoms with E-state index in [1.54, 1.807) is 24.4 Å². The number of hydrogen-bond acceptors (Lipinski definition) is 5. The van der Waals surface area contributed by atoms with Gasteiger partial charge in [0.25, 0.3) is 11.8 Å². The van der Waals surface area contributed by atoms with E-state index in [1.807, 2.05) is 59.8 Å². The molecule has 0 radical (unpaired) electrons. The molecular weight excluding hydrogens is 428 g/mol. The second-order valence-electron chi connectivity index (χ2n) is 8.49. The molecule has 0 spiro atoms. The number of aryl methyl sites for hydroxylation is 1. The largest absolute Gasteiger partial charge is 0.383 e. The predicted molar refractivity (Wildman–Crippen MR) is 139 cm³/mol. The molecule has 34 heavy (non-hydrogen) atoms. The van der Waals surface area contributed by atoms with Crippen LogP contribution in [0.5, 0.6) is 0 Å². The fourth-order valence-corrected chi connectivity index (χ4v) is 3.59. The van der Waals surface area contributed by atoms with Crippen LogP contribution in [0.2, 0.25) is 0 Å². The Morgan fingerprint density at radius 2 is 1.91 bits per heavy atom. The maximum atomic E-state index is 12.8. The molecule has 0 saturated carbocycles. The van der Waals surface area contributed by atoms with E-state index >= 15 is 0 Å². The van der Waals surface area contributed by atoms with E-state index in [0.717, 1.165) is 28.7 Å². The van der Waals surface area contributed by atoms with Gasteiger partial charge in [0.05, 0.1) is 5.56 Å². The lowest BCUT2D eigenvalue weighted by Gasteiger charge is -2.17. The van der Waals surface area contributed by atoms with Crippen LogP contribution in [0.4, 0.5) is 11.5 Å². The van der Waals surface area contributed by atoms with Crippen molar-refractivity contribution in [1.82, 2.24) is 10.3 Å². The number of benzene rings is 1. The zero-order valence-corrected chi connectivity index (χ0v) is 20.9. The molecular formula is C27H36N4O3. The number of nitrogens with two attached hydrogens (primary N) is 1. The Morgan fingerprint density at radius 3 is 2.50 bits per heavy atom. The smallest absolute Gasteiger partial charge is 0.257 e. The van der Waals surface area contributed by atoms with Gasteiger partial charge in [-0.2, -0.15) is 0 Å². The number of allylic oxidation sites excluding steroid dienone is 2. The second kappa shape index (κ2) is 12.1. The Balaban J connectivity index is 2.35. The summed E-state index contributed by atoms with van der Waals surface area (Å²) in [7, 11) is 0. The van der Waals surface area contributed by atoms with Crippen molar-refractivity contribution < 1.29 is 14.7 Å². The molecule has 1 unspecified atom stereocenters. The number of aliphatic hydroxyl groups excluding tert-OH is 1. The van der Waals surface area contributed by atoms with Crippen molar-refractivity contribution in [2.45, 2.75) is 66.5 Å². The molecule has 7 nitrogen and oxygen atoms in total. The molecule has 2 amide bonds. The summed E-state index contributed by atoms with van der Waals surface area (Å²) in [6, 6.07) is 7.23. The maximum Gasteiger partial charge on any atom is 0.257 e. The van der Waals surface area contributed by atoms with Gasteiger partial charge in [0.15, 0.2) is 6.10 Å². The van der Waals surface area contributed by atoms with Gasteiger partial charge >= 0.3 is 0 Å². The molecule has 0 fully saturated rings. The van der Waals surface area contributed by atoms with Gasteiger partial charge in [-0.15, -0.1) is 0 Å². The Hall–Kier alpha value is -3.45. The van der Waals surface area contributed by atoms with Crippen LogP contribution in [0, 0.1) is 0 Å². The number of aliphatic hydroxyl groups is 1. The summed E-state index contributed by atoms with van der Waals surface area (Å²) in [6.45, 7) is 11.5. The van der Waals surface area contributed by atoms with Gasteiger partial charge in [-0.05, 0) is 75.4 Å². The summed E-state index contributed by atoms with van der Waals surface area (Å²) in [5, 5.41) is 16.3. The zero-order valence-electron chi connectivity index (χ0n) is 20.9. The first-order chi connectivity index (χ1) is 16.1. The van der Waals surface area contributed by atoms with Gasteiger partial charge in [0.1, 0.15) is 5.82 Å². The molecule has 0 bridgehead atoms. The molecule has 2 rings (SSSR count). The SMILES string of the molecule is C/C=C\C(=C(\C)CC)C(O)C(=O)Nc1ccc(-c2cnc(N)c(C(=O)NC(C)C)c2)c(CC)c1. The number of pyridine rings is 1. The second-order valence-corrected chi connectivity index (χ2v) is 8.49. The lowest BCUT2D eigenvalue weighted by molar-refractivity contribution is -0.122. The predicted octanol–water partition coefficient (Wildman–Crippen LogP) is 4.63. The van der Waals surface area contributed by atoms with Crippen LogP contribution in [-0.4, -0.2) is 34.1 Å². The highest BCUT2D eigenvalue weighted by Crippen LogP contribution is 2.29. The van der Waals surface area contributed by atoms with Crippen LogP contribution >= 0.6 is 0 Å². The molecule has 1 heterocycles. The van der Waals surface area contributed by atoms with Crippen LogP contribution in [0.25, 0.3) is 11.1 Å². The minimum Gasteiger partial charge on any atom is -0.383 e. The van der Waals surface area contributed by atoms with Crippen LogP contribution in [0.1, 0.15) is 63.9 Å². The summed E-state index contributed by atoms with van der Waals surface area (Å²) in [5.74, 6) is -0.590. The van der Waals surface area contributed by atoms with Gasteiger partial charge in [-0.25, -0.2) is 4.98 Å². The number of carbonyl (C=O) groups excluding carboxylic acids is 2. The summed E-state index contributed by atoms with van der Waals surface area (Å²) < 4.78 is 0. The standard InChI is InChI=1S/C27H36N4O3/c1-7-10-21(17(6)8-2)24(32)27(34)31-20-11-12-22(18(9-3)13-20)19-14-23(25(28)29-15-19)26(33)30-16(4)5/h7,10-16,24,32H,8-9H2,1-6H3,(H2,28,29)(H,30,33)(H,31,34)/b10-7-,21-17+. The molecule has 182 valence electrons. The third-order valence-corrected chi connectivity index (χ3v) is 5.56. The average molecular weight is 465 g/mol. The molecule has 0 saturated heterocycles. The first kappa shape index (κ1) is 26.8. The third-order valence-electron chi connectivity index (χ3n) is 5.56. The van der Waals surface area contributed by atoms with E-state index in [1.165, 1.54) is 0 Å². The summed E-state index contributed by atoms with van der Waals surface area (Å²) in [5.41, 5.74) is 11.0. The fraction of sp³-hybridized carbons (Fsp3) is 0.370. The number of carbonyl (C=O) groups is 2. The van der Waals surface area contributed by atoms with Crippen LogP contribution in [-0.2, 0) is 11.2 Å². The lowest BCUT2D eigenvalue weighted by atomic mass is 9.97. The van der Waals surface area contributed by atoms with Crippen LogP contribution in [0.15, 0.2) is 53.8 Å². The molecule has 0 aliphatic rings. The first-order valence-electron chi connectivity index (χ1n) is 11.6. The van der Waals surface area contributed by atoms with E-state index in [0.29, 0.717) is 23.2 Å². The minimum absolute atomic E-state index is 0.0238. The summed E-state index contributed by atoms with van der Waals surface area (Å²) in [6.07, 6.45) is 5.39. The molecule has 5 N–H and O–H groups in total. The van der Waals surface area contributed by atoms with Crippen molar-refractivity contribution in [1.29, 1.82) is 0 Å². The third kappa shape index (κ3) is 6.54. The van der Waals surface area contributed by atoms with Crippen molar-refractivity contribution in [2.75, 3.05) is 11.1 Å². The van der Waals surface area contributed by atoms with Crippen molar-refractivity contribution in [3.63, 3.8) is 0 Å². The first-order valence-corrected chi connectivity index (χ1v) is 11.6. The number of amides is 2. The molecule has 1 aromatic carbocycles. The Morgan fingerprint density at radius 1 is 1.21 bits per heavy atom. The highest BCUT2D eigenvalue weighted by molar-refractivity contribution is 6.00. The number of anilines is 2. The number of hydrogen-bond donors (Lipinski definition) is 4. The molecule has 1 atom stereocenters. The monoisotopic (exact) mass is 464 g/mol. The maximum absolute atomic E-state index is 12.8. The molecule has 7 heteroatoms. The number of nitrogen functional groups attached to an aromatic ring is 1. The van der Waals surface area contributed by atoms with E-state index < -0.39 is 12.0 Å². The van der Waals surface area contributed by atoms with E-state index in [2.05, 4.69) is 15.6 Å². The topological polar surface area (TPSA) is 117 Å². The molecule has 2 aromatic rings. The zero-order chi connectivity index (χ0) is 25.4. The quantitative estimate of drug-likeness (QED) is 0.404. The van der Waals surface area contributed by atoms with Crippen molar-refractivity contribution >= 4 is 23.3 Å². The van der Waals surface area contributed by atoms with Gasteiger partial charge in [0, 0.05) is 23.5 Å². The summed E-state index contributed by atoms with van der Waals surface area (Å²) in [4.78, 5) is 29.5. The van der Waals surface area contributed by atoms with Crippen molar-refractivity contribution in [2.24, 2.45) is 0 Å². The number of nitrogens with one attached hydrogen (secondary N) is 2. The number of nitrogens with zero attached hydrogens (tertiary/aromatic N) is 1. The highest BCUT2D eigenvalue weighted by atomic mass is 16.3. The Bertz CT molecular complexity index is 1100. The fourth-order valence-electron chi connectivity index (χ4n) is 3.59. The van der Waals surface area contributed by atoms with E-state index in [4.69, 9.17) is 5.73 Å². The minimum atomic E-state index is -1.26.